The molecular weight excluding hydrogens is 240 g/mol. The zero-order chi connectivity index (χ0) is 14.3. The van der Waals surface area contributed by atoms with Crippen LogP contribution in [0.15, 0.2) is 24.3 Å². The van der Waals surface area contributed by atoms with E-state index in [1.165, 1.54) is 0 Å². The van der Waals surface area contributed by atoms with Crippen LogP contribution in [0.25, 0.3) is 0 Å². The molecule has 0 unspecified atom stereocenters. The first kappa shape index (κ1) is 15.5. The van der Waals surface area contributed by atoms with Gasteiger partial charge in [0.15, 0.2) is 0 Å². The lowest BCUT2D eigenvalue weighted by Gasteiger charge is -2.26. The molecule has 0 aliphatic carbocycles. The summed E-state index contributed by atoms with van der Waals surface area (Å²) in [5.74, 6) is 0.795. The van der Waals surface area contributed by atoms with E-state index in [1.54, 1.807) is 7.11 Å². The SMILES string of the molecule is CCC(N)(CC)CNC(=O)Cc1ccc(OC)cc1. The highest BCUT2D eigenvalue weighted by molar-refractivity contribution is 5.78. The van der Waals surface area contributed by atoms with Crippen LogP contribution in [0, 0.1) is 0 Å². The van der Waals surface area contributed by atoms with Crippen LogP contribution >= 0.6 is 0 Å². The number of rotatable bonds is 7. The smallest absolute Gasteiger partial charge is 0.224 e. The van der Waals surface area contributed by atoms with E-state index in [9.17, 15) is 4.79 Å². The second-order valence-electron chi connectivity index (χ2n) is 4.87. The fraction of sp³-hybridized carbons (Fsp3) is 0.533. The number of nitrogens with two attached hydrogens (primary N) is 1. The van der Waals surface area contributed by atoms with E-state index in [2.05, 4.69) is 5.32 Å². The van der Waals surface area contributed by atoms with Crippen LogP contribution in [0.3, 0.4) is 0 Å². The summed E-state index contributed by atoms with van der Waals surface area (Å²) in [4.78, 5) is 11.8. The molecule has 0 radical (unpaired) electrons. The summed E-state index contributed by atoms with van der Waals surface area (Å²) in [6, 6.07) is 7.50. The molecule has 0 saturated heterocycles. The zero-order valence-corrected chi connectivity index (χ0v) is 12.0. The Balaban J connectivity index is 2.46. The number of carbonyl (C=O) groups is 1. The van der Waals surface area contributed by atoms with Gasteiger partial charge in [0.1, 0.15) is 5.75 Å². The quantitative estimate of drug-likeness (QED) is 0.790. The number of amides is 1. The lowest BCUT2D eigenvalue weighted by atomic mass is 9.94. The molecule has 1 aromatic carbocycles. The van der Waals surface area contributed by atoms with E-state index in [0.29, 0.717) is 13.0 Å². The summed E-state index contributed by atoms with van der Waals surface area (Å²) < 4.78 is 5.08. The molecule has 4 heteroatoms. The van der Waals surface area contributed by atoms with Gasteiger partial charge in [-0.1, -0.05) is 26.0 Å². The molecule has 4 nitrogen and oxygen atoms in total. The fourth-order valence-electron chi connectivity index (χ4n) is 1.77. The summed E-state index contributed by atoms with van der Waals surface area (Å²) in [5.41, 5.74) is 6.82. The minimum absolute atomic E-state index is 0.00175. The van der Waals surface area contributed by atoms with Crippen LogP contribution in [0.5, 0.6) is 5.75 Å². The van der Waals surface area contributed by atoms with Crippen molar-refractivity contribution in [2.24, 2.45) is 5.73 Å². The predicted molar refractivity (Wildman–Crippen MR) is 77.2 cm³/mol. The van der Waals surface area contributed by atoms with Gasteiger partial charge in [-0.05, 0) is 30.5 Å². The summed E-state index contributed by atoms with van der Waals surface area (Å²) >= 11 is 0. The van der Waals surface area contributed by atoms with Crippen molar-refractivity contribution in [3.8, 4) is 5.75 Å². The van der Waals surface area contributed by atoms with Crippen molar-refractivity contribution in [2.45, 2.75) is 38.6 Å². The third-order valence-electron chi connectivity index (χ3n) is 3.57. The number of nitrogens with one attached hydrogen (secondary N) is 1. The van der Waals surface area contributed by atoms with E-state index in [0.717, 1.165) is 24.2 Å². The standard InChI is InChI=1S/C15H24N2O2/c1-4-15(16,5-2)11-17-14(18)10-12-6-8-13(19-3)9-7-12/h6-9H,4-5,10-11,16H2,1-3H3,(H,17,18). The molecule has 0 bridgehead atoms. The summed E-state index contributed by atoms with van der Waals surface area (Å²) in [6.45, 7) is 4.60. The van der Waals surface area contributed by atoms with Gasteiger partial charge in [-0.3, -0.25) is 4.79 Å². The molecule has 0 atom stereocenters. The highest BCUT2D eigenvalue weighted by atomic mass is 16.5. The zero-order valence-electron chi connectivity index (χ0n) is 12.0. The van der Waals surface area contributed by atoms with Gasteiger partial charge < -0.3 is 15.8 Å². The Morgan fingerprint density at radius 2 is 1.84 bits per heavy atom. The Labute approximate surface area is 115 Å². The minimum Gasteiger partial charge on any atom is -0.497 e. The molecule has 0 fully saturated rings. The largest absolute Gasteiger partial charge is 0.497 e. The van der Waals surface area contributed by atoms with Crippen molar-refractivity contribution < 1.29 is 9.53 Å². The molecule has 0 spiro atoms. The fourth-order valence-corrected chi connectivity index (χ4v) is 1.77. The molecule has 0 aromatic heterocycles. The van der Waals surface area contributed by atoms with Crippen molar-refractivity contribution in [1.29, 1.82) is 0 Å². The van der Waals surface area contributed by atoms with Gasteiger partial charge in [0.05, 0.1) is 13.5 Å². The van der Waals surface area contributed by atoms with E-state index < -0.39 is 0 Å². The summed E-state index contributed by atoms with van der Waals surface area (Å²) in [6.07, 6.45) is 2.08. The van der Waals surface area contributed by atoms with E-state index in [1.807, 2.05) is 38.1 Å². The molecular formula is C15H24N2O2. The molecule has 1 aromatic rings. The van der Waals surface area contributed by atoms with Gasteiger partial charge >= 0.3 is 0 Å². The molecule has 1 amide bonds. The Bertz CT molecular complexity index is 397. The van der Waals surface area contributed by atoms with E-state index in [-0.39, 0.29) is 11.4 Å². The van der Waals surface area contributed by atoms with Crippen LogP contribution in [-0.2, 0) is 11.2 Å². The van der Waals surface area contributed by atoms with Gasteiger partial charge in [-0.2, -0.15) is 0 Å². The maximum absolute atomic E-state index is 11.8. The van der Waals surface area contributed by atoms with Crippen LogP contribution in [0.1, 0.15) is 32.3 Å². The first-order chi connectivity index (χ1) is 9.03. The average molecular weight is 264 g/mol. The minimum atomic E-state index is -0.296. The monoisotopic (exact) mass is 264 g/mol. The maximum atomic E-state index is 11.8. The number of benzene rings is 1. The normalized spacial score (nSPS) is 11.2. The Morgan fingerprint density at radius 3 is 2.32 bits per heavy atom. The van der Waals surface area contributed by atoms with Crippen LogP contribution < -0.4 is 15.8 Å². The maximum Gasteiger partial charge on any atom is 0.224 e. The van der Waals surface area contributed by atoms with Gasteiger partial charge in [0.25, 0.3) is 0 Å². The lowest BCUT2D eigenvalue weighted by Crippen LogP contribution is -2.49. The molecule has 0 aliphatic rings. The molecule has 0 saturated carbocycles. The molecule has 19 heavy (non-hydrogen) atoms. The van der Waals surface area contributed by atoms with Crippen molar-refractivity contribution in [3.05, 3.63) is 29.8 Å². The highest BCUT2D eigenvalue weighted by Gasteiger charge is 2.20. The summed E-state index contributed by atoms with van der Waals surface area (Å²) in [7, 11) is 1.62. The van der Waals surface area contributed by atoms with Crippen LogP contribution in [-0.4, -0.2) is 25.1 Å². The predicted octanol–water partition coefficient (Wildman–Crippen LogP) is 1.87. The number of hydrogen-bond acceptors (Lipinski definition) is 3. The van der Waals surface area contributed by atoms with Crippen molar-refractivity contribution >= 4 is 5.91 Å². The topological polar surface area (TPSA) is 64.3 Å². The van der Waals surface area contributed by atoms with Crippen molar-refractivity contribution in [3.63, 3.8) is 0 Å². The van der Waals surface area contributed by atoms with Crippen LogP contribution in [0.4, 0.5) is 0 Å². The Morgan fingerprint density at radius 1 is 1.26 bits per heavy atom. The first-order valence-electron chi connectivity index (χ1n) is 6.71. The molecule has 0 aliphatic heterocycles. The molecule has 1 rings (SSSR count). The second-order valence-corrected chi connectivity index (χ2v) is 4.87. The van der Waals surface area contributed by atoms with Crippen LogP contribution in [0.2, 0.25) is 0 Å². The lowest BCUT2D eigenvalue weighted by molar-refractivity contribution is -0.120. The van der Waals surface area contributed by atoms with E-state index >= 15 is 0 Å². The van der Waals surface area contributed by atoms with Crippen molar-refractivity contribution in [2.75, 3.05) is 13.7 Å². The number of methoxy groups -OCH3 is 1. The summed E-state index contributed by atoms with van der Waals surface area (Å²) in [5, 5.41) is 2.91. The number of ether oxygens (including phenoxy) is 1. The van der Waals surface area contributed by atoms with Gasteiger partial charge in [0.2, 0.25) is 5.91 Å². The molecule has 0 heterocycles. The van der Waals surface area contributed by atoms with Gasteiger partial charge in [0, 0.05) is 12.1 Å². The highest BCUT2D eigenvalue weighted by Crippen LogP contribution is 2.12. The average Bonchev–Trinajstić information content (AvgIpc) is 2.45. The van der Waals surface area contributed by atoms with E-state index in [4.69, 9.17) is 10.5 Å². The van der Waals surface area contributed by atoms with Gasteiger partial charge in [-0.25, -0.2) is 0 Å². The Hall–Kier alpha value is -1.55. The van der Waals surface area contributed by atoms with Gasteiger partial charge in [-0.15, -0.1) is 0 Å². The molecule has 106 valence electrons. The molecule has 3 N–H and O–H groups in total. The van der Waals surface area contributed by atoms with Crippen molar-refractivity contribution in [1.82, 2.24) is 5.32 Å². The number of carbonyl (C=O) groups excluding carboxylic acids is 1. The first-order valence-corrected chi connectivity index (χ1v) is 6.71. The second kappa shape index (κ2) is 7.14. The Kier molecular flexibility index (Phi) is 5.83. The third-order valence-corrected chi connectivity index (χ3v) is 3.57. The number of hydrogen-bond donors (Lipinski definition) is 2. The third kappa shape index (κ3) is 4.91.